The molecule has 2 N–H and O–H groups in total. The second-order valence-corrected chi connectivity index (χ2v) is 7.59. The van der Waals surface area contributed by atoms with E-state index in [1.165, 1.54) is 12.0 Å². The van der Waals surface area contributed by atoms with Crippen molar-refractivity contribution in [2.75, 3.05) is 26.7 Å². The van der Waals surface area contributed by atoms with Crippen molar-refractivity contribution < 1.29 is 8.42 Å². The van der Waals surface area contributed by atoms with Gasteiger partial charge in [0, 0.05) is 26.2 Å². The molecule has 1 aliphatic heterocycles. The lowest BCUT2D eigenvalue weighted by atomic mass is 9.96. The monoisotopic (exact) mass is 301 g/mol. The third-order valence-corrected chi connectivity index (χ3v) is 5.98. The van der Waals surface area contributed by atoms with Gasteiger partial charge >= 0.3 is 0 Å². The summed E-state index contributed by atoms with van der Waals surface area (Å²) in [7, 11) is -1.61. The minimum Gasteiger partial charge on any atom is -0.313 e. The predicted octanol–water partition coefficient (Wildman–Crippen LogP) is 1.40. The molecule has 0 spiro atoms. The largest absolute Gasteiger partial charge is 0.313 e. The second kappa shape index (κ2) is 7.54. The van der Waals surface area contributed by atoms with Gasteiger partial charge < -0.3 is 5.32 Å². The van der Waals surface area contributed by atoms with Gasteiger partial charge in [-0.1, -0.05) is 30.9 Å². The van der Waals surface area contributed by atoms with Crippen molar-refractivity contribution in [3.8, 4) is 0 Å². The van der Waals surface area contributed by atoms with Crippen LogP contribution in [0.25, 0.3) is 0 Å². The van der Waals surface area contributed by atoms with E-state index in [-0.39, 0.29) is 6.04 Å². The van der Waals surface area contributed by atoms with Crippen LogP contribution in [-0.2, 0) is 10.2 Å². The van der Waals surface area contributed by atoms with Crippen LogP contribution in [-0.4, -0.2) is 45.4 Å². The fourth-order valence-corrected chi connectivity index (χ4v) is 4.15. The smallest absolute Gasteiger partial charge is 0.279 e. The molecule has 0 radical (unpaired) electrons. The first-order valence-electron chi connectivity index (χ1n) is 7.71. The van der Waals surface area contributed by atoms with Gasteiger partial charge in [0.25, 0.3) is 10.2 Å². The van der Waals surface area contributed by atoms with Crippen molar-refractivity contribution in [2.24, 2.45) is 0 Å². The molecule has 2 rings (SSSR count). The van der Waals surface area contributed by atoms with Gasteiger partial charge in [-0.25, -0.2) is 4.72 Å². The Morgan fingerprint density at radius 2 is 2.10 bits per heavy atom. The maximum absolute atomic E-state index is 12.3. The predicted molar refractivity (Wildman–Crippen MR) is 81.7 cm³/mol. The molecular formula is C14H27N3O2S. The van der Waals surface area contributed by atoms with E-state index in [1.54, 1.807) is 11.4 Å². The Labute approximate surface area is 123 Å². The Balaban J connectivity index is 1.78. The quantitative estimate of drug-likeness (QED) is 0.729. The van der Waals surface area contributed by atoms with Crippen molar-refractivity contribution in [3.05, 3.63) is 11.6 Å². The van der Waals surface area contributed by atoms with Crippen molar-refractivity contribution in [1.82, 2.24) is 14.3 Å². The molecule has 5 nitrogen and oxygen atoms in total. The summed E-state index contributed by atoms with van der Waals surface area (Å²) in [5, 5.41) is 3.26. The first kappa shape index (κ1) is 15.9. The highest BCUT2D eigenvalue weighted by atomic mass is 32.2. The van der Waals surface area contributed by atoms with Crippen molar-refractivity contribution >= 4 is 10.2 Å². The zero-order valence-electron chi connectivity index (χ0n) is 12.4. The van der Waals surface area contributed by atoms with Gasteiger partial charge in [-0.3, -0.25) is 0 Å². The van der Waals surface area contributed by atoms with E-state index < -0.39 is 10.2 Å². The van der Waals surface area contributed by atoms with Gasteiger partial charge in [0.1, 0.15) is 0 Å². The molecule has 0 aromatic heterocycles. The number of hydrogen-bond acceptors (Lipinski definition) is 3. The Bertz CT molecular complexity index is 428. The molecule has 20 heavy (non-hydrogen) atoms. The van der Waals surface area contributed by atoms with Gasteiger partial charge in [0.15, 0.2) is 0 Å². The number of rotatable bonds is 6. The zero-order valence-corrected chi connectivity index (χ0v) is 13.2. The van der Waals surface area contributed by atoms with Crippen LogP contribution in [0.2, 0.25) is 0 Å². The van der Waals surface area contributed by atoms with Crippen LogP contribution in [0.3, 0.4) is 0 Å². The average Bonchev–Trinajstić information content (AvgIpc) is 2.48. The summed E-state index contributed by atoms with van der Waals surface area (Å²) in [6.45, 7) is 2.41. The zero-order chi connectivity index (χ0) is 14.4. The summed E-state index contributed by atoms with van der Waals surface area (Å²) < 4.78 is 28.8. The average molecular weight is 301 g/mol. The van der Waals surface area contributed by atoms with Crippen LogP contribution in [0.4, 0.5) is 0 Å². The molecule has 1 fully saturated rings. The van der Waals surface area contributed by atoms with Crippen LogP contribution in [0, 0.1) is 0 Å². The fraction of sp³-hybridized carbons (Fsp3) is 0.857. The van der Waals surface area contributed by atoms with Gasteiger partial charge in [-0.2, -0.15) is 12.7 Å². The van der Waals surface area contributed by atoms with Gasteiger partial charge in [-0.05, 0) is 32.2 Å². The van der Waals surface area contributed by atoms with Crippen LogP contribution >= 0.6 is 0 Å². The third-order valence-electron chi connectivity index (χ3n) is 4.36. The van der Waals surface area contributed by atoms with Gasteiger partial charge in [0.05, 0.1) is 0 Å². The first-order chi connectivity index (χ1) is 9.59. The molecule has 6 heteroatoms. The summed E-state index contributed by atoms with van der Waals surface area (Å²) in [5.41, 5.74) is 1.35. The molecule has 116 valence electrons. The molecule has 1 saturated carbocycles. The summed E-state index contributed by atoms with van der Waals surface area (Å²) >= 11 is 0. The number of hydrogen-bond donors (Lipinski definition) is 2. The van der Waals surface area contributed by atoms with Crippen molar-refractivity contribution in [3.63, 3.8) is 0 Å². The Morgan fingerprint density at radius 3 is 2.75 bits per heavy atom. The summed E-state index contributed by atoms with van der Waals surface area (Å²) in [6.07, 6.45) is 9.53. The molecule has 1 heterocycles. The standard InChI is InChI=1S/C14H27N3O2S/c1-17(14-5-3-2-4-6-14)20(18,19)16-12-9-13-7-10-15-11-8-13/h7,14-16H,2-6,8-12H2,1H3. The highest BCUT2D eigenvalue weighted by Crippen LogP contribution is 2.23. The maximum Gasteiger partial charge on any atom is 0.279 e. The Morgan fingerprint density at radius 1 is 1.35 bits per heavy atom. The minimum atomic E-state index is -3.32. The molecule has 0 saturated heterocycles. The highest BCUT2D eigenvalue weighted by Gasteiger charge is 2.27. The van der Waals surface area contributed by atoms with E-state index >= 15 is 0 Å². The van der Waals surface area contributed by atoms with Crippen LogP contribution in [0.15, 0.2) is 11.6 Å². The maximum atomic E-state index is 12.3. The van der Waals surface area contributed by atoms with E-state index in [0.29, 0.717) is 6.54 Å². The van der Waals surface area contributed by atoms with E-state index in [1.807, 2.05) is 0 Å². The van der Waals surface area contributed by atoms with E-state index in [4.69, 9.17) is 0 Å². The van der Waals surface area contributed by atoms with Crippen molar-refractivity contribution in [2.45, 2.75) is 51.0 Å². The third kappa shape index (κ3) is 4.55. The molecule has 2 aliphatic rings. The molecule has 0 aromatic rings. The molecule has 0 bridgehead atoms. The van der Waals surface area contributed by atoms with Gasteiger partial charge in [0.2, 0.25) is 0 Å². The van der Waals surface area contributed by atoms with Crippen molar-refractivity contribution in [1.29, 1.82) is 0 Å². The van der Waals surface area contributed by atoms with E-state index in [2.05, 4.69) is 16.1 Å². The lowest BCUT2D eigenvalue weighted by Gasteiger charge is -2.30. The Kier molecular flexibility index (Phi) is 6.01. The van der Waals surface area contributed by atoms with Crippen LogP contribution < -0.4 is 10.0 Å². The number of nitrogens with zero attached hydrogens (tertiary/aromatic N) is 1. The topological polar surface area (TPSA) is 61.4 Å². The molecular weight excluding hydrogens is 274 g/mol. The lowest BCUT2D eigenvalue weighted by Crippen LogP contribution is -2.45. The van der Waals surface area contributed by atoms with E-state index in [0.717, 1.165) is 51.6 Å². The molecule has 0 unspecified atom stereocenters. The van der Waals surface area contributed by atoms with E-state index in [9.17, 15) is 8.42 Å². The minimum absolute atomic E-state index is 0.180. The molecule has 1 aliphatic carbocycles. The second-order valence-electron chi connectivity index (χ2n) is 5.77. The summed E-state index contributed by atoms with van der Waals surface area (Å²) in [6, 6.07) is 0.180. The Hall–Kier alpha value is -0.430. The highest BCUT2D eigenvalue weighted by molar-refractivity contribution is 7.87. The lowest BCUT2D eigenvalue weighted by molar-refractivity contribution is 0.283. The summed E-state index contributed by atoms with van der Waals surface area (Å²) in [4.78, 5) is 0. The number of nitrogens with one attached hydrogen (secondary N) is 2. The first-order valence-corrected chi connectivity index (χ1v) is 9.15. The molecule has 0 atom stereocenters. The molecule has 0 aromatic carbocycles. The van der Waals surface area contributed by atoms with Gasteiger partial charge in [-0.15, -0.1) is 0 Å². The SMILES string of the molecule is CN(C1CCCCC1)S(=O)(=O)NCCC1=CCNCC1. The summed E-state index contributed by atoms with van der Waals surface area (Å²) in [5.74, 6) is 0. The fourth-order valence-electron chi connectivity index (χ4n) is 2.98. The normalized spacial score (nSPS) is 22.0. The van der Waals surface area contributed by atoms with Crippen LogP contribution in [0.5, 0.6) is 0 Å². The van der Waals surface area contributed by atoms with Crippen LogP contribution in [0.1, 0.15) is 44.9 Å². The molecule has 0 amide bonds.